The average molecular weight is 280 g/mol. The molecule has 0 amide bonds. The summed E-state index contributed by atoms with van der Waals surface area (Å²) in [6.07, 6.45) is 0.810. The number of hydrogen-bond donors (Lipinski definition) is 0. The average Bonchev–Trinajstić information content (AvgIpc) is 2.79. The van der Waals surface area contributed by atoms with E-state index in [1.54, 1.807) is 0 Å². The predicted octanol–water partition coefficient (Wildman–Crippen LogP) is 5.20. The normalized spacial score (nSPS) is 11.8. The Bertz CT molecular complexity index is 733. The number of rotatable bonds is 3. The molecule has 21 heavy (non-hydrogen) atoms. The Morgan fingerprint density at radius 1 is 0.952 bits per heavy atom. The van der Waals surface area contributed by atoms with Gasteiger partial charge in [0.15, 0.2) is 0 Å². The molecule has 0 radical (unpaired) electrons. The Morgan fingerprint density at radius 2 is 1.71 bits per heavy atom. The summed E-state index contributed by atoms with van der Waals surface area (Å²) in [6, 6.07) is 18.4. The van der Waals surface area contributed by atoms with E-state index in [4.69, 9.17) is 9.15 Å². The van der Waals surface area contributed by atoms with Gasteiger partial charge < -0.3 is 9.15 Å². The minimum absolute atomic E-state index is 0.190. The van der Waals surface area contributed by atoms with Crippen molar-refractivity contribution in [2.75, 3.05) is 0 Å². The quantitative estimate of drug-likeness (QED) is 0.658. The summed E-state index contributed by atoms with van der Waals surface area (Å²) < 4.78 is 11.8. The van der Waals surface area contributed by atoms with Crippen LogP contribution in [0.2, 0.25) is 0 Å². The second kappa shape index (κ2) is 5.28. The number of fused-ring (bicyclic) bond motifs is 1. The minimum atomic E-state index is -0.190. The van der Waals surface area contributed by atoms with E-state index in [1.807, 2.05) is 57.2 Å². The maximum atomic E-state index is 5.90. The fourth-order valence-corrected chi connectivity index (χ4v) is 2.38. The molecule has 2 aromatic carbocycles. The first-order valence-corrected chi connectivity index (χ1v) is 7.25. The van der Waals surface area contributed by atoms with Gasteiger partial charge in [0.2, 0.25) is 0 Å². The highest BCUT2D eigenvalue weighted by molar-refractivity contribution is 5.79. The zero-order valence-electron chi connectivity index (χ0n) is 12.7. The van der Waals surface area contributed by atoms with Gasteiger partial charge >= 0.3 is 0 Å². The van der Waals surface area contributed by atoms with Gasteiger partial charge in [-0.1, -0.05) is 30.3 Å². The molecule has 2 nitrogen and oxygen atoms in total. The van der Waals surface area contributed by atoms with E-state index >= 15 is 0 Å². The first-order chi connectivity index (χ1) is 9.99. The summed E-state index contributed by atoms with van der Waals surface area (Å²) in [4.78, 5) is 0. The van der Waals surface area contributed by atoms with Gasteiger partial charge in [-0.3, -0.25) is 0 Å². The second-order valence-electron chi connectivity index (χ2n) is 6.29. The molecule has 0 fully saturated rings. The van der Waals surface area contributed by atoms with Gasteiger partial charge in [0, 0.05) is 11.8 Å². The Morgan fingerprint density at radius 3 is 2.43 bits per heavy atom. The zero-order valence-corrected chi connectivity index (χ0v) is 12.7. The van der Waals surface area contributed by atoms with Crippen molar-refractivity contribution in [3.8, 4) is 5.75 Å². The van der Waals surface area contributed by atoms with E-state index < -0.39 is 0 Å². The molecule has 3 rings (SSSR count). The van der Waals surface area contributed by atoms with Crippen LogP contribution in [0.15, 0.2) is 59.0 Å². The first-order valence-electron chi connectivity index (χ1n) is 7.25. The third-order valence-electron chi connectivity index (χ3n) is 3.18. The van der Waals surface area contributed by atoms with Gasteiger partial charge in [0.25, 0.3) is 0 Å². The predicted molar refractivity (Wildman–Crippen MR) is 85.8 cm³/mol. The fraction of sp³-hybridized carbons (Fsp3) is 0.263. The largest absolute Gasteiger partial charge is 0.488 e. The highest BCUT2D eigenvalue weighted by Crippen LogP contribution is 2.27. The van der Waals surface area contributed by atoms with Crippen LogP contribution in [0, 0.1) is 0 Å². The van der Waals surface area contributed by atoms with Crippen LogP contribution in [-0.2, 0) is 6.42 Å². The van der Waals surface area contributed by atoms with Crippen LogP contribution in [0.5, 0.6) is 5.75 Å². The van der Waals surface area contributed by atoms with Gasteiger partial charge in [0.05, 0.1) is 0 Å². The number of benzene rings is 2. The Kier molecular flexibility index (Phi) is 3.46. The van der Waals surface area contributed by atoms with Gasteiger partial charge in [-0.15, -0.1) is 0 Å². The van der Waals surface area contributed by atoms with Crippen molar-refractivity contribution < 1.29 is 9.15 Å². The van der Waals surface area contributed by atoms with Crippen LogP contribution in [0.3, 0.4) is 0 Å². The van der Waals surface area contributed by atoms with Crippen molar-refractivity contribution in [3.05, 3.63) is 65.9 Å². The van der Waals surface area contributed by atoms with E-state index in [0.717, 1.165) is 28.9 Å². The maximum Gasteiger partial charge on any atom is 0.134 e. The molecular formula is C19H20O2. The summed E-state index contributed by atoms with van der Waals surface area (Å²) in [5, 5.41) is 1.09. The molecule has 0 spiro atoms. The standard InChI is InChI=1S/C19H20O2/c1-19(2,3)21-16-9-10-18-15(12-16)13-17(20-18)11-14-7-5-4-6-8-14/h4-10,12-13H,11H2,1-3H3. The van der Waals surface area contributed by atoms with Crippen LogP contribution in [-0.4, -0.2) is 5.60 Å². The molecule has 1 aromatic heterocycles. The molecule has 108 valence electrons. The van der Waals surface area contributed by atoms with Crippen molar-refractivity contribution in [2.45, 2.75) is 32.8 Å². The third kappa shape index (κ3) is 3.46. The van der Waals surface area contributed by atoms with Gasteiger partial charge in [-0.25, -0.2) is 0 Å². The number of furan rings is 1. The Balaban J connectivity index is 1.86. The molecule has 0 aliphatic rings. The highest BCUT2D eigenvalue weighted by atomic mass is 16.5. The number of hydrogen-bond acceptors (Lipinski definition) is 2. The van der Waals surface area contributed by atoms with Crippen LogP contribution in [0.4, 0.5) is 0 Å². The van der Waals surface area contributed by atoms with Crippen molar-refractivity contribution in [3.63, 3.8) is 0 Å². The summed E-state index contributed by atoms with van der Waals surface area (Å²) in [5.41, 5.74) is 1.97. The lowest BCUT2D eigenvalue weighted by atomic mass is 10.1. The lowest BCUT2D eigenvalue weighted by Gasteiger charge is -2.21. The van der Waals surface area contributed by atoms with Crippen LogP contribution >= 0.6 is 0 Å². The molecule has 0 aliphatic heterocycles. The molecule has 0 atom stereocenters. The van der Waals surface area contributed by atoms with Crippen LogP contribution < -0.4 is 4.74 Å². The molecule has 0 unspecified atom stereocenters. The first kappa shape index (κ1) is 13.7. The third-order valence-corrected chi connectivity index (χ3v) is 3.18. The van der Waals surface area contributed by atoms with Crippen molar-refractivity contribution in [1.82, 2.24) is 0 Å². The van der Waals surface area contributed by atoms with E-state index in [0.29, 0.717) is 0 Å². The lowest BCUT2D eigenvalue weighted by Crippen LogP contribution is -2.22. The minimum Gasteiger partial charge on any atom is -0.488 e. The lowest BCUT2D eigenvalue weighted by molar-refractivity contribution is 0.131. The van der Waals surface area contributed by atoms with E-state index in [9.17, 15) is 0 Å². The Hall–Kier alpha value is -2.22. The second-order valence-corrected chi connectivity index (χ2v) is 6.29. The van der Waals surface area contributed by atoms with Gasteiger partial charge in [0.1, 0.15) is 22.7 Å². The van der Waals surface area contributed by atoms with Crippen molar-refractivity contribution in [1.29, 1.82) is 0 Å². The highest BCUT2D eigenvalue weighted by Gasteiger charge is 2.13. The molecule has 1 heterocycles. The molecule has 0 saturated heterocycles. The SMILES string of the molecule is CC(C)(C)Oc1ccc2oc(Cc3ccccc3)cc2c1. The van der Waals surface area contributed by atoms with E-state index in [-0.39, 0.29) is 5.60 Å². The molecule has 0 bridgehead atoms. The zero-order chi connectivity index (χ0) is 14.9. The summed E-state index contributed by atoms with van der Waals surface area (Å²) in [6.45, 7) is 6.15. The summed E-state index contributed by atoms with van der Waals surface area (Å²) in [7, 11) is 0. The molecule has 0 saturated carbocycles. The topological polar surface area (TPSA) is 22.4 Å². The van der Waals surface area contributed by atoms with Gasteiger partial charge in [-0.05, 0) is 50.6 Å². The van der Waals surface area contributed by atoms with Crippen LogP contribution in [0.1, 0.15) is 32.1 Å². The fourth-order valence-electron chi connectivity index (χ4n) is 2.38. The van der Waals surface area contributed by atoms with Crippen molar-refractivity contribution >= 4 is 11.0 Å². The molecule has 0 N–H and O–H groups in total. The van der Waals surface area contributed by atoms with Crippen molar-refractivity contribution in [2.24, 2.45) is 0 Å². The van der Waals surface area contributed by atoms with E-state index in [1.165, 1.54) is 5.56 Å². The number of ether oxygens (including phenoxy) is 1. The van der Waals surface area contributed by atoms with E-state index in [2.05, 4.69) is 18.2 Å². The molecule has 0 aliphatic carbocycles. The van der Waals surface area contributed by atoms with Crippen LogP contribution in [0.25, 0.3) is 11.0 Å². The van der Waals surface area contributed by atoms with Gasteiger partial charge in [-0.2, -0.15) is 0 Å². The monoisotopic (exact) mass is 280 g/mol. The molecule has 3 aromatic rings. The molecule has 2 heteroatoms. The smallest absolute Gasteiger partial charge is 0.134 e. The Labute approximate surface area is 125 Å². The summed E-state index contributed by atoms with van der Waals surface area (Å²) >= 11 is 0. The molecular weight excluding hydrogens is 260 g/mol. The summed E-state index contributed by atoms with van der Waals surface area (Å²) in [5.74, 6) is 1.85. The maximum absolute atomic E-state index is 5.90.